The van der Waals surface area contributed by atoms with Crippen molar-refractivity contribution in [1.82, 2.24) is 19.9 Å². The molecule has 0 aliphatic rings. The molecule has 8 heteroatoms. The summed E-state index contributed by atoms with van der Waals surface area (Å²) in [6.07, 6.45) is 7.72. The van der Waals surface area contributed by atoms with Gasteiger partial charge in [0.1, 0.15) is 0 Å². The molecule has 0 atom stereocenters. The quantitative estimate of drug-likeness (QED) is 0.0821. The maximum Gasteiger partial charge on any atom is 0.0795 e. The number of rotatable bonds is 9. The van der Waals surface area contributed by atoms with E-state index < -0.39 is 16.1 Å². The Kier molecular flexibility index (Phi) is 22.4. The van der Waals surface area contributed by atoms with Gasteiger partial charge in [-0.05, 0) is 146 Å². The molecule has 0 spiro atoms. The second-order valence-corrected chi connectivity index (χ2v) is 39.0. The monoisotopic (exact) mass is 1750 g/mol. The Morgan fingerprint density at radius 3 is 1.05 bits per heavy atom. The fourth-order valence-corrected chi connectivity index (χ4v) is 15.9. The van der Waals surface area contributed by atoms with E-state index >= 15 is 0 Å². The van der Waals surface area contributed by atoms with Crippen LogP contribution in [-0.2, 0) is 40.2 Å². The van der Waals surface area contributed by atoms with Crippen LogP contribution in [0.15, 0.2) is 328 Å². The number of nitrogens with zero attached hydrogens (tertiary/aromatic N) is 4. The Bertz CT molecular complexity index is 6020. The molecule has 0 saturated carbocycles. The van der Waals surface area contributed by atoms with Crippen LogP contribution >= 0.6 is 0 Å². The van der Waals surface area contributed by atoms with Crippen molar-refractivity contribution in [1.29, 1.82) is 0 Å². The number of hydrogen-bond acceptors (Lipinski definition) is 4. The molecule has 0 unspecified atom stereocenters. The summed E-state index contributed by atoms with van der Waals surface area (Å²) in [6.45, 7) is 18.3. The standard InChI is InChI=1S/C38H30NSi.C36H28NSi.2C12H10N.2Ir/c1-40(2,3)31-18-21-38(39-25-31)30-17-20-35-34-19-16-29(23-36(34)32-14-7-8-15-33(32)37(35)24-30)28-13-9-12-27(22-28)26-10-5-4-6-11-26;1-38(2,3)29-16-19-36(37-23-29)28-15-18-33-32-17-14-27(26-13-12-24-8-4-5-9-25(24)20-26)21-34(32)30-10-6-7-11-31(30)35(33)22-28;2*1-10-5-4-6-11(9-10)12-7-2-3-8-13-12;;/h4-16,18-25H,1-3H3;4-14,16-23H,1-3H3;2*2-5,7-9H,1H3;;/q4*-1;;. The van der Waals surface area contributed by atoms with E-state index in [1.165, 1.54) is 130 Å². The van der Waals surface area contributed by atoms with Gasteiger partial charge < -0.3 is 19.9 Å². The van der Waals surface area contributed by atoms with Crippen molar-refractivity contribution in [3.8, 4) is 78.4 Å². The second kappa shape index (κ2) is 32.3. The zero-order valence-electron chi connectivity index (χ0n) is 60.6. The Labute approximate surface area is 651 Å². The van der Waals surface area contributed by atoms with Crippen molar-refractivity contribution in [3.05, 3.63) is 363 Å². The normalized spacial score (nSPS) is 11.2. The fraction of sp³-hybridized carbons (Fsp3) is 0.0816. The molecule has 0 aliphatic heterocycles. The van der Waals surface area contributed by atoms with Crippen molar-refractivity contribution < 1.29 is 40.2 Å². The van der Waals surface area contributed by atoms with Crippen molar-refractivity contribution >= 4 is 102 Å². The summed E-state index contributed by atoms with van der Waals surface area (Å²) in [5.41, 5.74) is 18.0. The molecule has 14 aromatic carbocycles. The molecule has 520 valence electrons. The molecule has 18 aromatic rings. The molecule has 4 nitrogen and oxygen atoms in total. The predicted molar refractivity (Wildman–Crippen MR) is 448 cm³/mol. The molecule has 0 aliphatic carbocycles. The molecular formula is C98H78Ir2N4Si2-4. The molecular weight excluding hydrogens is 1670 g/mol. The maximum atomic E-state index is 4.84. The minimum atomic E-state index is -1.39. The molecule has 0 amide bonds. The van der Waals surface area contributed by atoms with E-state index in [1.54, 1.807) is 12.4 Å². The van der Waals surface area contributed by atoms with Gasteiger partial charge in [-0.15, -0.1) is 118 Å². The van der Waals surface area contributed by atoms with Gasteiger partial charge in [-0.2, -0.15) is 0 Å². The molecule has 106 heavy (non-hydrogen) atoms. The van der Waals surface area contributed by atoms with E-state index in [-0.39, 0.29) is 40.2 Å². The number of aromatic nitrogens is 4. The van der Waals surface area contributed by atoms with Crippen molar-refractivity contribution in [2.75, 3.05) is 0 Å². The van der Waals surface area contributed by atoms with E-state index in [0.29, 0.717) is 0 Å². The van der Waals surface area contributed by atoms with Crippen molar-refractivity contribution in [2.45, 2.75) is 53.1 Å². The Morgan fingerprint density at radius 2 is 0.613 bits per heavy atom. The van der Waals surface area contributed by atoms with Crippen LogP contribution in [0.5, 0.6) is 0 Å². The molecule has 4 heterocycles. The zero-order chi connectivity index (χ0) is 71.3. The number of benzene rings is 14. The van der Waals surface area contributed by atoms with Crippen LogP contribution in [0.2, 0.25) is 39.3 Å². The van der Waals surface area contributed by atoms with Gasteiger partial charge in [0.05, 0.1) is 16.1 Å². The fourth-order valence-electron chi connectivity index (χ4n) is 13.8. The van der Waals surface area contributed by atoms with Crippen LogP contribution in [-0.4, -0.2) is 36.1 Å². The summed E-state index contributed by atoms with van der Waals surface area (Å²) >= 11 is 0. The van der Waals surface area contributed by atoms with Crippen LogP contribution in [0.25, 0.3) is 154 Å². The average Bonchev–Trinajstić information content (AvgIpc) is 0.743. The van der Waals surface area contributed by atoms with E-state index in [9.17, 15) is 0 Å². The van der Waals surface area contributed by atoms with Gasteiger partial charge in [-0.1, -0.05) is 292 Å². The number of aryl methyl sites for hydroxylation is 2. The summed E-state index contributed by atoms with van der Waals surface area (Å²) in [5.74, 6) is 0. The van der Waals surface area contributed by atoms with Gasteiger partial charge in [-0.3, -0.25) is 0 Å². The molecule has 0 saturated heterocycles. The first kappa shape index (κ1) is 73.5. The summed E-state index contributed by atoms with van der Waals surface area (Å²) in [5, 5.41) is 20.3. The molecule has 2 radical (unpaired) electrons. The summed E-state index contributed by atoms with van der Waals surface area (Å²) in [7, 11) is -2.77. The van der Waals surface area contributed by atoms with E-state index in [0.717, 1.165) is 45.0 Å². The third-order valence-corrected chi connectivity index (χ3v) is 23.6. The largest absolute Gasteiger partial charge is 0.305 e. The van der Waals surface area contributed by atoms with E-state index in [4.69, 9.17) is 9.97 Å². The van der Waals surface area contributed by atoms with Gasteiger partial charge in [-0.25, -0.2) is 0 Å². The van der Waals surface area contributed by atoms with Crippen LogP contribution in [0.1, 0.15) is 11.1 Å². The SMILES string of the molecule is C[Si](C)(C)c1ccc(-c2[c-]cc3c4ccc(-c5ccc6ccccc6c5)cc4c4ccccc4c3c2)nc1.C[Si](C)(C)c1ccc(-c2[c-]cc3c4ccc(-c5cccc(-c6ccccc6)c5)cc4c4ccccc4c3c2)nc1.Cc1cc[c-]c(-c2ccccn2)c1.Cc1cc[c-]c(-c2ccccn2)c1.[Ir].[Ir]. The van der Waals surface area contributed by atoms with E-state index in [2.05, 4.69) is 342 Å². The number of hydrogen-bond donors (Lipinski definition) is 0. The topological polar surface area (TPSA) is 51.6 Å². The Morgan fingerprint density at radius 1 is 0.245 bits per heavy atom. The van der Waals surface area contributed by atoms with Gasteiger partial charge in [0.2, 0.25) is 0 Å². The third kappa shape index (κ3) is 16.2. The second-order valence-electron chi connectivity index (χ2n) is 28.8. The van der Waals surface area contributed by atoms with Crippen molar-refractivity contribution in [2.24, 2.45) is 0 Å². The molecule has 18 rings (SSSR count). The first-order valence-electron chi connectivity index (χ1n) is 35.6. The Balaban J connectivity index is 0.000000139. The molecule has 0 fully saturated rings. The van der Waals surface area contributed by atoms with Gasteiger partial charge in [0.25, 0.3) is 0 Å². The average molecular weight is 1750 g/mol. The van der Waals surface area contributed by atoms with Gasteiger partial charge >= 0.3 is 0 Å². The number of fused-ring (bicyclic) bond motifs is 13. The third-order valence-electron chi connectivity index (χ3n) is 19.5. The van der Waals surface area contributed by atoms with Crippen LogP contribution in [0.3, 0.4) is 0 Å². The first-order chi connectivity index (χ1) is 50.6. The number of pyridine rings is 4. The minimum absolute atomic E-state index is 0. The zero-order valence-corrected chi connectivity index (χ0v) is 67.4. The predicted octanol–water partition coefficient (Wildman–Crippen LogP) is 25.0. The van der Waals surface area contributed by atoms with Gasteiger partial charge in [0, 0.05) is 65.0 Å². The van der Waals surface area contributed by atoms with Crippen LogP contribution in [0.4, 0.5) is 0 Å². The minimum Gasteiger partial charge on any atom is -0.305 e. The summed E-state index contributed by atoms with van der Waals surface area (Å²) < 4.78 is 0. The first-order valence-corrected chi connectivity index (χ1v) is 42.6. The summed E-state index contributed by atoms with van der Waals surface area (Å²) in [6, 6.07) is 121. The van der Waals surface area contributed by atoms with E-state index in [1.807, 2.05) is 60.7 Å². The Hall–Kier alpha value is -10.8. The molecule has 0 bridgehead atoms. The summed E-state index contributed by atoms with van der Waals surface area (Å²) in [4.78, 5) is 18.2. The van der Waals surface area contributed by atoms with Gasteiger partial charge in [0.15, 0.2) is 0 Å². The van der Waals surface area contributed by atoms with Crippen LogP contribution in [0, 0.1) is 38.1 Å². The maximum absolute atomic E-state index is 4.84. The molecule has 0 N–H and O–H groups in total. The smallest absolute Gasteiger partial charge is 0.0795 e. The van der Waals surface area contributed by atoms with Crippen LogP contribution < -0.4 is 10.4 Å². The van der Waals surface area contributed by atoms with Crippen molar-refractivity contribution in [3.63, 3.8) is 0 Å². The molecule has 4 aromatic heterocycles.